The van der Waals surface area contributed by atoms with E-state index in [0.717, 1.165) is 6.42 Å². The van der Waals surface area contributed by atoms with E-state index in [-0.39, 0.29) is 19.6 Å². The van der Waals surface area contributed by atoms with E-state index in [0.29, 0.717) is 12.2 Å². The number of aldehydes is 1. The predicted octanol–water partition coefficient (Wildman–Crippen LogP) is 1.34. The molecule has 0 aliphatic rings. The van der Waals surface area contributed by atoms with Crippen LogP contribution in [0.2, 0.25) is 0 Å². The summed E-state index contributed by atoms with van der Waals surface area (Å²) in [5.74, 6) is -1.86. The quantitative estimate of drug-likeness (QED) is 0.366. The minimum atomic E-state index is -1.05. The lowest BCUT2D eigenvalue weighted by Gasteiger charge is -2.10. The normalized spacial score (nSPS) is 12.0. The fraction of sp³-hybridized carbons (Fsp3) is 0.750. The monoisotopic (exact) mass is 244 g/mol. The first-order valence-electron chi connectivity index (χ1n) is 5.78. The number of esters is 2. The van der Waals surface area contributed by atoms with Crippen molar-refractivity contribution >= 4 is 18.2 Å². The zero-order chi connectivity index (χ0) is 13.3. The first kappa shape index (κ1) is 15.6. The summed E-state index contributed by atoms with van der Waals surface area (Å²) in [6, 6.07) is 0. The number of carbonyl (C=O) groups excluding carboxylic acids is 3. The molecule has 0 bridgehead atoms. The molecular formula is C12H20O5. The first-order chi connectivity index (χ1) is 8.01. The Balaban J connectivity index is 4.03. The van der Waals surface area contributed by atoms with Crippen LogP contribution < -0.4 is 0 Å². The highest BCUT2D eigenvalue weighted by Gasteiger charge is 2.23. The van der Waals surface area contributed by atoms with E-state index < -0.39 is 17.9 Å². The molecule has 0 saturated heterocycles. The summed E-state index contributed by atoms with van der Waals surface area (Å²) in [4.78, 5) is 33.2. The van der Waals surface area contributed by atoms with Gasteiger partial charge in [0.2, 0.25) is 0 Å². The highest BCUT2D eigenvalue weighted by Crippen LogP contribution is 2.06. The van der Waals surface area contributed by atoms with Crippen molar-refractivity contribution in [3.05, 3.63) is 0 Å². The number of carbonyl (C=O) groups is 3. The minimum Gasteiger partial charge on any atom is -0.466 e. The van der Waals surface area contributed by atoms with Gasteiger partial charge in [-0.25, -0.2) is 0 Å². The van der Waals surface area contributed by atoms with Crippen molar-refractivity contribution in [1.29, 1.82) is 0 Å². The van der Waals surface area contributed by atoms with E-state index in [2.05, 4.69) is 4.74 Å². The molecule has 0 saturated carbocycles. The second-order valence-corrected chi connectivity index (χ2v) is 4.10. The van der Waals surface area contributed by atoms with Crippen LogP contribution in [0.15, 0.2) is 0 Å². The van der Waals surface area contributed by atoms with Gasteiger partial charge in [0.25, 0.3) is 0 Å². The third-order valence-electron chi connectivity index (χ3n) is 2.10. The van der Waals surface area contributed by atoms with Crippen LogP contribution in [-0.2, 0) is 23.9 Å². The average Bonchev–Trinajstić information content (AvgIpc) is 2.25. The maximum Gasteiger partial charge on any atom is 0.316 e. The Kier molecular flexibility index (Phi) is 8.01. The molecule has 0 aromatic rings. The number of ether oxygens (including phenoxy) is 2. The standard InChI is InChI=1S/C12H20O5/c1-4-16-11(14)7-10(8-13)12(15)17-6-5-9(2)3/h8-10H,4-7H2,1-3H3. The molecule has 0 spiro atoms. The fourth-order valence-corrected chi connectivity index (χ4v) is 1.09. The van der Waals surface area contributed by atoms with Crippen LogP contribution in [0, 0.1) is 11.8 Å². The zero-order valence-electron chi connectivity index (χ0n) is 10.6. The van der Waals surface area contributed by atoms with E-state index in [1.807, 2.05) is 13.8 Å². The van der Waals surface area contributed by atoms with Gasteiger partial charge in [0.15, 0.2) is 0 Å². The summed E-state index contributed by atoms with van der Waals surface area (Å²) in [6.07, 6.45) is 0.906. The third-order valence-corrected chi connectivity index (χ3v) is 2.10. The second-order valence-electron chi connectivity index (χ2n) is 4.10. The van der Waals surface area contributed by atoms with Crippen molar-refractivity contribution in [2.75, 3.05) is 13.2 Å². The summed E-state index contributed by atoms with van der Waals surface area (Å²) in [6.45, 7) is 6.17. The Morgan fingerprint density at radius 2 is 1.88 bits per heavy atom. The van der Waals surface area contributed by atoms with E-state index in [9.17, 15) is 14.4 Å². The molecule has 1 unspecified atom stereocenters. The molecular weight excluding hydrogens is 224 g/mol. The van der Waals surface area contributed by atoms with Crippen LogP contribution in [0.4, 0.5) is 0 Å². The Labute approximate surface area is 101 Å². The van der Waals surface area contributed by atoms with Crippen molar-refractivity contribution in [1.82, 2.24) is 0 Å². The molecule has 0 amide bonds. The second kappa shape index (κ2) is 8.73. The topological polar surface area (TPSA) is 69.7 Å². The molecule has 5 heteroatoms. The zero-order valence-corrected chi connectivity index (χ0v) is 10.6. The molecule has 0 N–H and O–H groups in total. The van der Waals surface area contributed by atoms with Gasteiger partial charge < -0.3 is 14.3 Å². The van der Waals surface area contributed by atoms with Crippen LogP contribution in [0.1, 0.15) is 33.6 Å². The molecule has 17 heavy (non-hydrogen) atoms. The Bertz CT molecular complexity index is 260. The van der Waals surface area contributed by atoms with Crippen LogP contribution >= 0.6 is 0 Å². The van der Waals surface area contributed by atoms with Gasteiger partial charge in [0, 0.05) is 0 Å². The van der Waals surface area contributed by atoms with E-state index in [1.165, 1.54) is 0 Å². The SMILES string of the molecule is CCOC(=O)CC(C=O)C(=O)OCCC(C)C. The van der Waals surface area contributed by atoms with Gasteiger partial charge in [0.05, 0.1) is 19.6 Å². The first-order valence-corrected chi connectivity index (χ1v) is 5.78. The van der Waals surface area contributed by atoms with E-state index >= 15 is 0 Å². The van der Waals surface area contributed by atoms with Gasteiger partial charge in [-0.2, -0.15) is 0 Å². The largest absolute Gasteiger partial charge is 0.466 e. The maximum atomic E-state index is 11.4. The van der Waals surface area contributed by atoms with Gasteiger partial charge in [-0.05, 0) is 19.3 Å². The molecule has 0 heterocycles. The lowest BCUT2D eigenvalue weighted by molar-refractivity contribution is -0.156. The minimum absolute atomic E-state index is 0.229. The smallest absolute Gasteiger partial charge is 0.316 e. The fourth-order valence-electron chi connectivity index (χ4n) is 1.09. The lowest BCUT2D eigenvalue weighted by atomic mass is 10.1. The van der Waals surface area contributed by atoms with Crippen molar-refractivity contribution in [3.63, 3.8) is 0 Å². The van der Waals surface area contributed by atoms with Gasteiger partial charge in [-0.3, -0.25) is 9.59 Å². The molecule has 0 aliphatic carbocycles. The van der Waals surface area contributed by atoms with Gasteiger partial charge in [-0.1, -0.05) is 13.8 Å². The predicted molar refractivity (Wildman–Crippen MR) is 61.2 cm³/mol. The highest BCUT2D eigenvalue weighted by molar-refractivity contribution is 5.91. The molecule has 0 aromatic carbocycles. The summed E-state index contributed by atoms with van der Waals surface area (Å²) in [5, 5.41) is 0. The van der Waals surface area contributed by atoms with Gasteiger partial charge in [0.1, 0.15) is 12.2 Å². The maximum absolute atomic E-state index is 11.4. The van der Waals surface area contributed by atoms with Crippen LogP contribution in [0.3, 0.4) is 0 Å². The average molecular weight is 244 g/mol. The number of hydrogen-bond acceptors (Lipinski definition) is 5. The van der Waals surface area contributed by atoms with Crippen molar-refractivity contribution < 1.29 is 23.9 Å². The molecule has 0 radical (unpaired) electrons. The van der Waals surface area contributed by atoms with Gasteiger partial charge in [-0.15, -0.1) is 0 Å². The summed E-state index contributed by atoms with van der Waals surface area (Å²) in [7, 11) is 0. The molecule has 5 nitrogen and oxygen atoms in total. The van der Waals surface area contributed by atoms with Crippen LogP contribution in [0.5, 0.6) is 0 Å². The summed E-state index contributed by atoms with van der Waals surface area (Å²) >= 11 is 0. The number of hydrogen-bond donors (Lipinski definition) is 0. The Morgan fingerprint density at radius 3 is 2.35 bits per heavy atom. The molecule has 0 rings (SSSR count). The van der Waals surface area contributed by atoms with Gasteiger partial charge >= 0.3 is 11.9 Å². The lowest BCUT2D eigenvalue weighted by Crippen LogP contribution is -2.24. The molecule has 1 atom stereocenters. The van der Waals surface area contributed by atoms with Crippen molar-refractivity contribution in [2.45, 2.75) is 33.6 Å². The summed E-state index contributed by atoms with van der Waals surface area (Å²) in [5.41, 5.74) is 0. The molecule has 0 aromatic heterocycles. The van der Waals surface area contributed by atoms with Crippen molar-refractivity contribution in [2.24, 2.45) is 11.8 Å². The van der Waals surface area contributed by atoms with E-state index in [4.69, 9.17) is 4.74 Å². The van der Waals surface area contributed by atoms with Crippen LogP contribution in [-0.4, -0.2) is 31.4 Å². The number of rotatable bonds is 8. The Hall–Kier alpha value is -1.39. The summed E-state index contributed by atoms with van der Waals surface area (Å²) < 4.78 is 9.57. The molecule has 0 aliphatic heterocycles. The van der Waals surface area contributed by atoms with Crippen LogP contribution in [0.25, 0.3) is 0 Å². The molecule has 98 valence electrons. The highest BCUT2D eigenvalue weighted by atomic mass is 16.5. The van der Waals surface area contributed by atoms with E-state index in [1.54, 1.807) is 6.92 Å². The molecule has 0 fully saturated rings. The van der Waals surface area contributed by atoms with Crippen molar-refractivity contribution in [3.8, 4) is 0 Å². The Morgan fingerprint density at radius 1 is 1.24 bits per heavy atom. The third kappa shape index (κ3) is 7.49.